The molecule has 2 aliphatic heterocycles. The van der Waals surface area contributed by atoms with E-state index in [9.17, 15) is 14.0 Å². The van der Waals surface area contributed by atoms with E-state index in [-0.39, 0.29) is 23.5 Å². The zero-order chi connectivity index (χ0) is 20.5. The second-order valence-corrected chi connectivity index (χ2v) is 8.68. The standard InChI is InChI=1S/C22H20ClFN2O2S/c1-14-10-19(25-8-2-3-9-25)18(24)11-16(14)12-20-21(27)26(22(28)29-20)13-15-4-6-17(23)7-5-15/h4-7,10-12H,2-3,8-9,13H2,1H3. The van der Waals surface area contributed by atoms with Crippen LogP contribution >= 0.6 is 23.4 Å². The molecule has 2 aliphatic rings. The van der Waals surface area contributed by atoms with Gasteiger partial charge in [-0.15, -0.1) is 0 Å². The number of thioether (sulfide) groups is 1. The number of hydrogen-bond acceptors (Lipinski definition) is 4. The molecule has 2 saturated heterocycles. The first kappa shape index (κ1) is 20.0. The van der Waals surface area contributed by atoms with Crippen molar-refractivity contribution < 1.29 is 14.0 Å². The lowest BCUT2D eigenvalue weighted by Crippen LogP contribution is -2.27. The highest BCUT2D eigenvalue weighted by molar-refractivity contribution is 8.18. The minimum atomic E-state index is -0.363. The Morgan fingerprint density at radius 3 is 2.52 bits per heavy atom. The van der Waals surface area contributed by atoms with Crippen molar-refractivity contribution in [1.82, 2.24) is 4.90 Å². The van der Waals surface area contributed by atoms with Gasteiger partial charge in [0.2, 0.25) is 0 Å². The summed E-state index contributed by atoms with van der Waals surface area (Å²) in [6.07, 6.45) is 3.75. The van der Waals surface area contributed by atoms with Crippen molar-refractivity contribution in [3.63, 3.8) is 0 Å². The number of halogens is 2. The van der Waals surface area contributed by atoms with Crippen LogP contribution in [0.5, 0.6) is 0 Å². The summed E-state index contributed by atoms with van der Waals surface area (Å²) in [5, 5.41) is 0.265. The van der Waals surface area contributed by atoms with E-state index in [0.29, 0.717) is 21.2 Å². The van der Waals surface area contributed by atoms with Gasteiger partial charge in [-0.1, -0.05) is 23.7 Å². The SMILES string of the molecule is Cc1cc(N2CCCC2)c(F)cc1C=C1SC(=O)N(Cc2ccc(Cl)cc2)C1=O. The molecule has 0 spiro atoms. The number of benzene rings is 2. The zero-order valence-corrected chi connectivity index (χ0v) is 17.5. The number of nitrogens with zero attached hydrogens (tertiary/aromatic N) is 2. The van der Waals surface area contributed by atoms with Crippen molar-refractivity contribution in [3.8, 4) is 0 Å². The van der Waals surface area contributed by atoms with Crippen LogP contribution in [0.25, 0.3) is 6.08 Å². The van der Waals surface area contributed by atoms with Gasteiger partial charge in [-0.05, 0) is 78.6 Å². The maximum absolute atomic E-state index is 14.7. The first-order chi connectivity index (χ1) is 13.9. The van der Waals surface area contributed by atoms with E-state index in [4.69, 9.17) is 11.6 Å². The van der Waals surface area contributed by atoms with Crippen LogP contribution in [-0.2, 0) is 11.3 Å². The Bertz CT molecular complexity index is 1000. The molecular formula is C22H20ClFN2O2S. The molecule has 150 valence electrons. The third-order valence-corrected chi connectivity index (χ3v) is 6.36. The molecule has 2 aromatic rings. The van der Waals surface area contributed by atoms with Gasteiger partial charge < -0.3 is 4.90 Å². The second kappa shape index (κ2) is 8.20. The summed E-state index contributed by atoms with van der Waals surface area (Å²) >= 11 is 6.77. The van der Waals surface area contributed by atoms with Gasteiger partial charge in [0, 0.05) is 18.1 Å². The third kappa shape index (κ3) is 4.19. The molecule has 2 amide bonds. The van der Waals surface area contributed by atoms with Gasteiger partial charge in [-0.25, -0.2) is 4.39 Å². The molecule has 0 bridgehead atoms. The topological polar surface area (TPSA) is 40.6 Å². The summed E-state index contributed by atoms with van der Waals surface area (Å²) in [5.41, 5.74) is 2.91. The zero-order valence-electron chi connectivity index (χ0n) is 16.0. The van der Waals surface area contributed by atoms with E-state index in [0.717, 1.165) is 48.8 Å². The van der Waals surface area contributed by atoms with Crippen molar-refractivity contribution in [3.05, 3.63) is 68.8 Å². The quantitative estimate of drug-likeness (QED) is 0.590. The van der Waals surface area contributed by atoms with Gasteiger partial charge in [0.25, 0.3) is 11.1 Å². The molecule has 0 N–H and O–H groups in total. The van der Waals surface area contributed by atoms with Crippen LogP contribution in [0, 0.1) is 12.7 Å². The smallest absolute Gasteiger partial charge is 0.293 e. The molecule has 29 heavy (non-hydrogen) atoms. The maximum atomic E-state index is 14.7. The highest BCUT2D eigenvalue weighted by atomic mass is 35.5. The lowest BCUT2D eigenvalue weighted by atomic mass is 10.1. The van der Waals surface area contributed by atoms with Gasteiger partial charge in [0.15, 0.2) is 0 Å². The van der Waals surface area contributed by atoms with Gasteiger partial charge in [0.1, 0.15) is 5.82 Å². The molecule has 0 unspecified atom stereocenters. The van der Waals surface area contributed by atoms with E-state index in [1.165, 1.54) is 11.0 Å². The van der Waals surface area contributed by atoms with Gasteiger partial charge in [-0.2, -0.15) is 0 Å². The third-order valence-electron chi connectivity index (χ3n) is 5.20. The summed E-state index contributed by atoms with van der Waals surface area (Å²) in [6, 6.07) is 10.3. The number of anilines is 1. The summed E-state index contributed by atoms with van der Waals surface area (Å²) in [7, 11) is 0. The molecule has 4 nitrogen and oxygen atoms in total. The number of rotatable bonds is 4. The van der Waals surface area contributed by atoms with Crippen LogP contribution < -0.4 is 4.90 Å². The van der Waals surface area contributed by atoms with Crippen molar-refractivity contribution >= 4 is 46.3 Å². The van der Waals surface area contributed by atoms with E-state index in [1.54, 1.807) is 30.3 Å². The highest BCUT2D eigenvalue weighted by Crippen LogP contribution is 2.35. The number of imide groups is 1. The van der Waals surface area contributed by atoms with Crippen LogP contribution in [-0.4, -0.2) is 29.1 Å². The molecule has 0 radical (unpaired) electrons. The second-order valence-electron chi connectivity index (χ2n) is 7.25. The molecule has 2 aromatic carbocycles. The van der Waals surface area contributed by atoms with Gasteiger partial charge in [0.05, 0.1) is 17.1 Å². The summed E-state index contributed by atoms with van der Waals surface area (Å²) < 4.78 is 14.7. The van der Waals surface area contributed by atoms with Gasteiger partial charge in [-0.3, -0.25) is 14.5 Å². The lowest BCUT2D eigenvalue weighted by Gasteiger charge is -2.19. The summed E-state index contributed by atoms with van der Waals surface area (Å²) in [5.74, 6) is -0.664. The molecule has 4 rings (SSSR count). The van der Waals surface area contributed by atoms with E-state index < -0.39 is 0 Å². The van der Waals surface area contributed by atoms with Crippen molar-refractivity contribution in [2.24, 2.45) is 0 Å². The van der Waals surface area contributed by atoms with E-state index in [2.05, 4.69) is 0 Å². The Morgan fingerprint density at radius 2 is 1.83 bits per heavy atom. The number of aryl methyl sites for hydroxylation is 1. The monoisotopic (exact) mass is 430 g/mol. The number of carbonyl (C=O) groups is 2. The Balaban J connectivity index is 1.56. The molecule has 2 heterocycles. The fourth-order valence-corrected chi connectivity index (χ4v) is 4.54. The van der Waals surface area contributed by atoms with Crippen LogP contribution in [0.2, 0.25) is 5.02 Å². The average molecular weight is 431 g/mol. The highest BCUT2D eigenvalue weighted by Gasteiger charge is 2.35. The Kier molecular flexibility index (Phi) is 5.65. The first-order valence-corrected chi connectivity index (χ1v) is 10.7. The number of amides is 2. The normalized spacial score (nSPS) is 18.4. The van der Waals surface area contributed by atoms with Crippen LogP contribution in [0.3, 0.4) is 0 Å². The van der Waals surface area contributed by atoms with Crippen molar-refractivity contribution in [1.29, 1.82) is 0 Å². The predicted octanol–water partition coefficient (Wildman–Crippen LogP) is 5.62. The fourth-order valence-electron chi connectivity index (χ4n) is 3.59. The summed E-state index contributed by atoms with van der Waals surface area (Å²) in [6.45, 7) is 3.79. The van der Waals surface area contributed by atoms with Crippen LogP contribution in [0.15, 0.2) is 41.3 Å². The summed E-state index contributed by atoms with van der Waals surface area (Å²) in [4.78, 5) is 28.7. The fraction of sp³-hybridized carbons (Fsp3) is 0.273. The Labute approximate surface area is 178 Å². The number of hydrogen-bond donors (Lipinski definition) is 0. The van der Waals surface area contributed by atoms with Crippen LogP contribution in [0.4, 0.5) is 14.9 Å². The minimum Gasteiger partial charge on any atom is -0.369 e. The molecular weight excluding hydrogens is 411 g/mol. The molecule has 2 fully saturated rings. The van der Waals surface area contributed by atoms with E-state index >= 15 is 0 Å². The maximum Gasteiger partial charge on any atom is 0.293 e. The van der Waals surface area contributed by atoms with Crippen LogP contribution in [0.1, 0.15) is 29.5 Å². The molecule has 0 aromatic heterocycles. The average Bonchev–Trinajstić information content (AvgIpc) is 3.31. The first-order valence-electron chi connectivity index (χ1n) is 9.47. The Hall–Kier alpha value is -2.31. The lowest BCUT2D eigenvalue weighted by molar-refractivity contribution is -0.123. The van der Waals surface area contributed by atoms with Gasteiger partial charge >= 0.3 is 0 Å². The predicted molar refractivity (Wildman–Crippen MR) is 116 cm³/mol. The molecule has 0 atom stereocenters. The van der Waals surface area contributed by atoms with Crippen molar-refractivity contribution in [2.75, 3.05) is 18.0 Å². The van der Waals surface area contributed by atoms with E-state index in [1.807, 2.05) is 17.9 Å². The number of carbonyl (C=O) groups excluding carboxylic acids is 2. The molecule has 7 heteroatoms. The molecule has 0 aliphatic carbocycles. The Morgan fingerprint density at radius 1 is 1.14 bits per heavy atom. The minimum absolute atomic E-state index is 0.181. The van der Waals surface area contributed by atoms with Crippen molar-refractivity contribution in [2.45, 2.75) is 26.3 Å². The largest absolute Gasteiger partial charge is 0.369 e. The molecule has 0 saturated carbocycles.